The predicted octanol–water partition coefficient (Wildman–Crippen LogP) is 3.82. The summed E-state index contributed by atoms with van der Waals surface area (Å²) in [7, 11) is 4.72. The molecular weight excluding hydrogens is 360 g/mol. The molecule has 0 spiro atoms. The van der Waals surface area contributed by atoms with Crippen molar-refractivity contribution < 1.29 is 18.6 Å². The van der Waals surface area contributed by atoms with Crippen LogP contribution in [0.4, 0.5) is 0 Å². The van der Waals surface area contributed by atoms with Gasteiger partial charge in [-0.05, 0) is 24.3 Å². The Balaban J connectivity index is 1.76. The third-order valence-electron chi connectivity index (χ3n) is 4.32. The molecule has 2 aromatic heterocycles. The maximum absolute atomic E-state index is 5.44. The molecule has 0 amide bonds. The fourth-order valence-corrected chi connectivity index (χ4v) is 2.99. The predicted molar refractivity (Wildman–Crippen MR) is 102 cm³/mol. The van der Waals surface area contributed by atoms with Crippen molar-refractivity contribution in [3.8, 4) is 51.2 Å². The number of aromatic nitrogens is 4. The fraction of sp³-hybridized carbons (Fsp3) is 0.150. The van der Waals surface area contributed by atoms with Gasteiger partial charge in [0.1, 0.15) is 17.7 Å². The zero-order chi connectivity index (χ0) is 19.5. The Labute approximate surface area is 161 Å². The van der Waals surface area contributed by atoms with Crippen molar-refractivity contribution >= 4 is 0 Å². The first kappa shape index (κ1) is 17.6. The van der Waals surface area contributed by atoms with Crippen molar-refractivity contribution in [2.75, 3.05) is 21.3 Å². The molecule has 0 aliphatic heterocycles. The highest BCUT2D eigenvalue weighted by atomic mass is 16.5. The third kappa shape index (κ3) is 3.05. The first-order valence-electron chi connectivity index (χ1n) is 8.46. The van der Waals surface area contributed by atoms with Gasteiger partial charge in [0, 0.05) is 16.7 Å². The van der Waals surface area contributed by atoms with E-state index in [1.54, 1.807) is 33.8 Å². The average Bonchev–Trinajstić information content (AvgIpc) is 3.45. The molecule has 0 unspecified atom stereocenters. The summed E-state index contributed by atoms with van der Waals surface area (Å²) in [5.74, 6) is 2.18. The van der Waals surface area contributed by atoms with Crippen LogP contribution in [-0.4, -0.2) is 41.7 Å². The molecular formula is C20H18N4O4. The van der Waals surface area contributed by atoms with Crippen LogP contribution < -0.4 is 14.2 Å². The summed E-state index contributed by atoms with van der Waals surface area (Å²) in [5, 5.41) is 11.3. The van der Waals surface area contributed by atoms with Gasteiger partial charge in [0.05, 0.1) is 27.5 Å². The molecule has 28 heavy (non-hydrogen) atoms. The number of hydrogen-bond acceptors (Lipinski definition) is 7. The minimum Gasteiger partial charge on any atom is -0.493 e. The summed E-state index contributed by atoms with van der Waals surface area (Å²) >= 11 is 0. The molecule has 8 nitrogen and oxygen atoms in total. The molecule has 0 aliphatic rings. The summed E-state index contributed by atoms with van der Waals surface area (Å²) in [5.41, 5.74) is 3.94. The van der Waals surface area contributed by atoms with Crippen LogP contribution in [0, 0.1) is 0 Å². The highest BCUT2D eigenvalue weighted by molar-refractivity contribution is 5.80. The van der Waals surface area contributed by atoms with E-state index in [0.717, 1.165) is 16.7 Å². The quantitative estimate of drug-likeness (QED) is 0.545. The minimum absolute atomic E-state index is 0.522. The SMILES string of the molecule is COc1cc(-c2n[nH]nc2-c2ccc(-c3ncco3)cc2)cc(OC)c1OC. The number of aromatic amines is 1. The van der Waals surface area contributed by atoms with Gasteiger partial charge in [0.2, 0.25) is 11.6 Å². The highest BCUT2D eigenvalue weighted by Gasteiger charge is 2.19. The second kappa shape index (κ2) is 7.43. The van der Waals surface area contributed by atoms with Crippen molar-refractivity contribution in [3.63, 3.8) is 0 Å². The molecule has 0 atom stereocenters. The summed E-state index contributed by atoms with van der Waals surface area (Å²) in [6, 6.07) is 11.4. The number of hydrogen-bond donors (Lipinski definition) is 1. The maximum Gasteiger partial charge on any atom is 0.225 e. The van der Waals surface area contributed by atoms with Gasteiger partial charge in [-0.3, -0.25) is 0 Å². The Hall–Kier alpha value is -3.81. The molecule has 0 saturated heterocycles. The number of oxazole rings is 1. The Morgan fingerprint density at radius 2 is 1.39 bits per heavy atom. The van der Waals surface area contributed by atoms with E-state index in [9.17, 15) is 0 Å². The second-order valence-electron chi connectivity index (χ2n) is 5.85. The van der Waals surface area contributed by atoms with Gasteiger partial charge >= 0.3 is 0 Å². The van der Waals surface area contributed by atoms with Gasteiger partial charge < -0.3 is 18.6 Å². The molecule has 4 rings (SSSR count). The van der Waals surface area contributed by atoms with E-state index in [4.69, 9.17) is 18.6 Å². The molecule has 4 aromatic rings. The van der Waals surface area contributed by atoms with Crippen LogP contribution in [0.15, 0.2) is 53.3 Å². The number of methoxy groups -OCH3 is 3. The van der Waals surface area contributed by atoms with Crippen molar-refractivity contribution in [2.45, 2.75) is 0 Å². The van der Waals surface area contributed by atoms with Crippen LogP contribution in [-0.2, 0) is 0 Å². The number of ether oxygens (including phenoxy) is 3. The van der Waals surface area contributed by atoms with E-state index < -0.39 is 0 Å². The van der Waals surface area contributed by atoms with Crippen LogP contribution >= 0.6 is 0 Å². The summed E-state index contributed by atoms with van der Waals surface area (Å²) in [4.78, 5) is 4.16. The van der Waals surface area contributed by atoms with Crippen molar-refractivity contribution in [2.24, 2.45) is 0 Å². The van der Waals surface area contributed by atoms with Gasteiger partial charge in [0.25, 0.3) is 0 Å². The van der Waals surface area contributed by atoms with E-state index >= 15 is 0 Å². The molecule has 2 aromatic carbocycles. The average molecular weight is 378 g/mol. The molecule has 142 valence electrons. The Kier molecular flexibility index (Phi) is 4.67. The molecule has 2 heterocycles. The molecule has 0 radical (unpaired) electrons. The Bertz CT molecular complexity index is 1050. The topological polar surface area (TPSA) is 95.3 Å². The monoisotopic (exact) mass is 378 g/mol. The molecule has 0 bridgehead atoms. The zero-order valence-corrected chi connectivity index (χ0v) is 15.6. The number of benzene rings is 2. The second-order valence-corrected chi connectivity index (χ2v) is 5.85. The smallest absolute Gasteiger partial charge is 0.225 e. The Morgan fingerprint density at radius 1 is 0.786 bits per heavy atom. The van der Waals surface area contributed by atoms with E-state index in [2.05, 4.69) is 20.4 Å². The standard InChI is InChI=1S/C20H18N4O4/c1-25-15-10-14(11-16(26-2)19(15)27-3)18-17(22-24-23-18)12-4-6-13(7-5-12)20-21-8-9-28-20/h4-11H,1-3H3,(H,22,23,24). The van der Waals surface area contributed by atoms with E-state index in [1.165, 1.54) is 0 Å². The van der Waals surface area contributed by atoms with Gasteiger partial charge in [-0.15, -0.1) is 0 Å². The van der Waals surface area contributed by atoms with E-state index in [0.29, 0.717) is 34.5 Å². The number of rotatable bonds is 6. The maximum atomic E-state index is 5.44. The van der Waals surface area contributed by atoms with Crippen LogP contribution in [0.2, 0.25) is 0 Å². The van der Waals surface area contributed by atoms with Crippen molar-refractivity contribution in [1.29, 1.82) is 0 Å². The first-order chi connectivity index (χ1) is 13.7. The number of nitrogens with zero attached hydrogens (tertiary/aromatic N) is 3. The lowest BCUT2D eigenvalue weighted by molar-refractivity contribution is 0.324. The number of H-pyrrole nitrogens is 1. The normalized spacial score (nSPS) is 10.7. The van der Waals surface area contributed by atoms with Crippen molar-refractivity contribution in [3.05, 3.63) is 48.9 Å². The summed E-state index contributed by atoms with van der Waals surface area (Å²) < 4.78 is 21.6. The molecule has 8 heteroatoms. The van der Waals surface area contributed by atoms with Gasteiger partial charge in [-0.25, -0.2) is 4.98 Å². The molecule has 1 N–H and O–H groups in total. The summed E-state index contributed by atoms with van der Waals surface area (Å²) in [6.45, 7) is 0. The highest BCUT2D eigenvalue weighted by Crippen LogP contribution is 2.42. The van der Waals surface area contributed by atoms with Crippen LogP contribution in [0.5, 0.6) is 17.2 Å². The molecule has 0 aliphatic carbocycles. The lowest BCUT2D eigenvalue weighted by Crippen LogP contribution is -1.96. The minimum atomic E-state index is 0.522. The van der Waals surface area contributed by atoms with Gasteiger partial charge in [0.15, 0.2) is 11.5 Å². The van der Waals surface area contributed by atoms with Crippen LogP contribution in [0.3, 0.4) is 0 Å². The van der Waals surface area contributed by atoms with E-state index in [-0.39, 0.29) is 0 Å². The fourth-order valence-electron chi connectivity index (χ4n) is 2.99. The Morgan fingerprint density at radius 3 is 1.93 bits per heavy atom. The number of nitrogens with one attached hydrogen (secondary N) is 1. The van der Waals surface area contributed by atoms with Gasteiger partial charge in [-0.1, -0.05) is 12.1 Å². The zero-order valence-electron chi connectivity index (χ0n) is 15.6. The first-order valence-corrected chi connectivity index (χ1v) is 8.46. The lowest BCUT2D eigenvalue weighted by atomic mass is 10.0. The van der Waals surface area contributed by atoms with Crippen LogP contribution in [0.25, 0.3) is 34.0 Å². The van der Waals surface area contributed by atoms with Crippen LogP contribution in [0.1, 0.15) is 0 Å². The van der Waals surface area contributed by atoms with Gasteiger partial charge in [-0.2, -0.15) is 15.4 Å². The third-order valence-corrected chi connectivity index (χ3v) is 4.32. The summed E-state index contributed by atoms with van der Waals surface area (Å²) in [6.07, 6.45) is 3.16. The van der Waals surface area contributed by atoms with Crippen molar-refractivity contribution in [1.82, 2.24) is 20.4 Å². The van der Waals surface area contributed by atoms with E-state index in [1.807, 2.05) is 36.4 Å². The lowest BCUT2D eigenvalue weighted by Gasteiger charge is -2.13. The molecule has 0 fully saturated rings. The largest absolute Gasteiger partial charge is 0.493 e. The molecule has 0 saturated carbocycles.